The number of H-pyrrole nitrogens is 1. The van der Waals surface area contributed by atoms with Crippen molar-refractivity contribution in [3.8, 4) is 0 Å². The molecule has 0 aromatic carbocycles. The van der Waals surface area contributed by atoms with Crippen LogP contribution in [0.3, 0.4) is 0 Å². The van der Waals surface area contributed by atoms with Crippen molar-refractivity contribution >= 4 is 11.0 Å². The van der Waals surface area contributed by atoms with E-state index in [0.29, 0.717) is 11.0 Å². The Morgan fingerprint density at radius 1 is 1.27 bits per heavy atom. The highest BCUT2D eigenvalue weighted by Gasteiger charge is 1.91. The molecule has 0 aliphatic rings. The van der Waals surface area contributed by atoms with Gasteiger partial charge < -0.3 is 4.98 Å². The van der Waals surface area contributed by atoms with Crippen LogP contribution < -0.4 is 5.56 Å². The Hall–Kier alpha value is -1.71. The van der Waals surface area contributed by atoms with Gasteiger partial charge in [-0.1, -0.05) is 0 Å². The Bertz CT molecular complexity index is 435. The number of hydrogen-bond acceptors (Lipinski definition) is 3. The summed E-state index contributed by atoms with van der Waals surface area (Å²) in [5, 5.41) is 7.47. The lowest BCUT2D eigenvalue weighted by atomic mass is 10.3. The summed E-state index contributed by atoms with van der Waals surface area (Å²) in [6, 6.07) is 4.78. The summed E-state index contributed by atoms with van der Waals surface area (Å²) in [5.74, 6) is 0. The number of hydrogen-bond donors (Lipinski definition) is 1. The number of nitrogens with one attached hydrogen (secondary N) is 1. The van der Waals surface area contributed by atoms with Crippen molar-refractivity contribution in [3.63, 3.8) is 0 Å². The highest BCUT2D eigenvalue weighted by Crippen LogP contribution is 2.00. The van der Waals surface area contributed by atoms with E-state index in [1.165, 1.54) is 12.3 Å². The fourth-order valence-corrected chi connectivity index (χ4v) is 0.900. The van der Waals surface area contributed by atoms with Gasteiger partial charge in [-0.2, -0.15) is 5.10 Å². The molecule has 0 fully saturated rings. The van der Waals surface area contributed by atoms with E-state index in [0.717, 1.165) is 0 Å². The number of pyridine rings is 1. The summed E-state index contributed by atoms with van der Waals surface area (Å²) >= 11 is 0. The monoisotopic (exact) mass is 147 g/mol. The predicted molar refractivity (Wildman–Crippen MR) is 40.2 cm³/mol. The summed E-state index contributed by atoms with van der Waals surface area (Å²) in [4.78, 5) is 13.4. The van der Waals surface area contributed by atoms with Crippen molar-refractivity contribution in [2.45, 2.75) is 0 Å². The van der Waals surface area contributed by atoms with Gasteiger partial charge in [0.05, 0.1) is 11.7 Å². The van der Waals surface area contributed by atoms with E-state index in [-0.39, 0.29) is 5.56 Å². The lowest BCUT2D eigenvalue weighted by Gasteiger charge is -1.91. The maximum Gasteiger partial charge on any atom is 0.248 e. The van der Waals surface area contributed by atoms with Crippen LogP contribution in [0.5, 0.6) is 0 Å². The molecule has 2 rings (SSSR count). The Balaban J connectivity index is 2.94. The summed E-state index contributed by atoms with van der Waals surface area (Å²) < 4.78 is 0. The normalized spacial score (nSPS) is 10.2. The Morgan fingerprint density at radius 2 is 2.18 bits per heavy atom. The summed E-state index contributed by atoms with van der Waals surface area (Å²) in [6.45, 7) is 0. The van der Waals surface area contributed by atoms with Gasteiger partial charge in [0.15, 0.2) is 0 Å². The molecule has 0 amide bonds. The molecule has 0 atom stereocenters. The summed E-state index contributed by atoms with van der Waals surface area (Å²) in [6.07, 6.45) is 1.54. The quantitative estimate of drug-likeness (QED) is 0.583. The Morgan fingerprint density at radius 3 is 3.09 bits per heavy atom. The molecule has 0 aliphatic carbocycles. The van der Waals surface area contributed by atoms with Gasteiger partial charge in [-0.05, 0) is 12.1 Å². The van der Waals surface area contributed by atoms with Crippen molar-refractivity contribution in [1.29, 1.82) is 0 Å². The highest BCUT2D eigenvalue weighted by atomic mass is 16.1. The second-order valence-electron chi connectivity index (χ2n) is 2.15. The van der Waals surface area contributed by atoms with Crippen molar-refractivity contribution in [1.82, 2.24) is 15.2 Å². The van der Waals surface area contributed by atoms with Crippen molar-refractivity contribution in [2.75, 3.05) is 0 Å². The van der Waals surface area contributed by atoms with Gasteiger partial charge in [-0.15, -0.1) is 5.10 Å². The third kappa shape index (κ3) is 0.980. The smallest absolute Gasteiger partial charge is 0.248 e. The molecular formula is C7H5N3O. The van der Waals surface area contributed by atoms with Crippen molar-refractivity contribution < 1.29 is 0 Å². The first kappa shape index (κ1) is 6.03. The number of aromatic amines is 1. The molecule has 0 unspecified atom stereocenters. The molecule has 2 heterocycles. The zero-order valence-electron chi connectivity index (χ0n) is 5.61. The van der Waals surface area contributed by atoms with Gasteiger partial charge in [0.25, 0.3) is 0 Å². The molecule has 11 heavy (non-hydrogen) atoms. The molecule has 0 saturated carbocycles. The van der Waals surface area contributed by atoms with Crippen LogP contribution in [0.1, 0.15) is 0 Å². The van der Waals surface area contributed by atoms with E-state index >= 15 is 0 Å². The zero-order chi connectivity index (χ0) is 7.68. The van der Waals surface area contributed by atoms with E-state index in [1.54, 1.807) is 12.1 Å². The van der Waals surface area contributed by atoms with Crippen LogP contribution in [0.15, 0.2) is 29.2 Å². The molecule has 4 heteroatoms. The van der Waals surface area contributed by atoms with Crippen LogP contribution >= 0.6 is 0 Å². The lowest BCUT2D eigenvalue weighted by Crippen LogP contribution is -2.02. The Labute approximate surface area is 61.9 Å². The average Bonchev–Trinajstić information content (AvgIpc) is 2.04. The van der Waals surface area contributed by atoms with E-state index in [2.05, 4.69) is 15.2 Å². The third-order valence-corrected chi connectivity index (χ3v) is 1.40. The first-order chi connectivity index (χ1) is 5.36. The minimum atomic E-state index is -0.120. The van der Waals surface area contributed by atoms with Gasteiger partial charge in [0, 0.05) is 6.07 Å². The predicted octanol–water partition coefficient (Wildman–Crippen LogP) is 0.318. The molecule has 2 aromatic heterocycles. The molecule has 0 radical (unpaired) electrons. The van der Waals surface area contributed by atoms with Crippen LogP contribution in [0.2, 0.25) is 0 Å². The number of fused-ring (bicyclic) bond motifs is 1. The van der Waals surface area contributed by atoms with Gasteiger partial charge in [-0.25, -0.2) is 0 Å². The van der Waals surface area contributed by atoms with E-state index < -0.39 is 0 Å². The highest BCUT2D eigenvalue weighted by molar-refractivity contribution is 5.72. The zero-order valence-corrected chi connectivity index (χ0v) is 5.61. The second-order valence-corrected chi connectivity index (χ2v) is 2.15. The fraction of sp³-hybridized carbons (Fsp3) is 0. The molecule has 0 saturated heterocycles. The van der Waals surface area contributed by atoms with Gasteiger partial charge in [0.1, 0.15) is 5.52 Å². The van der Waals surface area contributed by atoms with E-state index in [1.807, 2.05) is 0 Å². The number of rotatable bonds is 0. The maximum atomic E-state index is 10.8. The molecule has 0 spiro atoms. The molecule has 4 nitrogen and oxygen atoms in total. The molecule has 1 N–H and O–H groups in total. The third-order valence-electron chi connectivity index (χ3n) is 1.40. The minimum Gasteiger partial charge on any atom is -0.320 e. The standard InChI is InChI=1S/C7H5N3O/c11-7-2-1-6-5(9-7)3-4-8-10-6/h1-4H,(H,9,11). The fourth-order valence-electron chi connectivity index (χ4n) is 0.900. The minimum absolute atomic E-state index is 0.120. The van der Waals surface area contributed by atoms with Crippen LogP contribution in [0, 0.1) is 0 Å². The maximum absolute atomic E-state index is 10.8. The lowest BCUT2D eigenvalue weighted by molar-refractivity contribution is 1.06. The first-order valence-corrected chi connectivity index (χ1v) is 3.17. The molecule has 0 aliphatic heterocycles. The molecular weight excluding hydrogens is 142 g/mol. The average molecular weight is 147 g/mol. The van der Waals surface area contributed by atoms with Crippen LogP contribution in [0.25, 0.3) is 11.0 Å². The second kappa shape index (κ2) is 2.16. The van der Waals surface area contributed by atoms with Crippen molar-refractivity contribution in [2.24, 2.45) is 0 Å². The number of nitrogens with zero attached hydrogens (tertiary/aromatic N) is 2. The largest absolute Gasteiger partial charge is 0.320 e. The van der Waals surface area contributed by atoms with Gasteiger partial charge in [0.2, 0.25) is 5.56 Å². The Kier molecular flexibility index (Phi) is 1.18. The molecule has 2 aromatic rings. The van der Waals surface area contributed by atoms with Gasteiger partial charge in [-0.3, -0.25) is 4.79 Å². The van der Waals surface area contributed by atoms with E-state index in [9.17, 15) is 4.79 Å². The van der Waals surface area contributed by atoms with Crippen LogP contribution in [-0.2, 0) is 0 Å². The SMILES string of the molecule is O=c1ccc2nnccc2[nH]1. The van der Waals surface area contributed by atoms with Crippen LogP contribution in [-0.4, -0.2) is 15.2 Å². The van der Waals surface area contributed by atoms with Gasteiger partial charge >= 0.3 is 0 Å². The van der Waals surface area contributed by atoms with Crippen LogP contribution in [0.4, 0.5) is 0 Å². The van der Waals surface area contributed by atoms with E-state index in [4.69, 9.17) is 0 Å². The topological polar surface area (TPSA) is 58.6 Å². The summed E-state index contributed by atoms with van der Waals surface area (Å²) in [5.41, 5.74) is 1.30. The first-order valence-electron chi connectivity index (χ1n) is 3.17. The summed E-state index contributed by atoms with van der Waals surface area (Å²) in [7, 11) is 0. The molecule has 0 bridgehead atoms. The number of aromatic nitrogens is 3. The van der Waals surface area contributed by atoms with Crippen molar-refractivity contribution in [3.05, 3.63) is 34.7 Å². The molecule has 54 valence electrons.